The number of rotatable bonds is 2. The summed E-state index contributed by atoms with van der Waals surface area (Å²) in [7, 11) is -11.9. The van der Waals surface area contributed by atoms with Gasteiger partial charge < -0.3 is 48.6 Å². The van der Waals surface area contributed by atoms with Gasteiger partial charge in [-0.15, -0.1) is 0 Å². The number of nitrogens with one attached hydrogen (secondary N) is 3. The zero-order chi connectivity index (χ0) is 99.1. The number of morpholine rings is 2. The van der Waals surface area contributed by atoms with Crippen LogP contribution in [0.1, 0.15) is 202 Å². The Hall–Kier alpha value is -8.98. The van der Waals surface area contributed by atoms with E-state index in [-0.39, 0.29) is 92.0 Å². The second kappa shape index (κ2) is 42.2. The minimum absolute atomic E-state index is 0.0666. The lowest BCUT2D eigenvalue weighted by Crippen LogP contribution is -2.52. The van der Waals surface area contributed by atoms with Gasteiger partial charge in [0.15, 0.2) is 5.78 Å². The number of aliphatic hydroxyl groups is 2. The van der Waals surface area contributed by atoms with Crippen LogP contribution >= 0.6 is 34.8 Å². The average Bonchev–Trinajstić information content (AvgIpc) is 1.67. The highest BCUT2D eigenvalue weighted by Gasteiger charge is 2.53. The van der Waals surface area contributed by atoms with Crippen molar-refractivity contribution in [3.63, 3.8) is 0 Å². The molecule has 6 bridgehead atoms. The van der Waals surface area contributed by atoms with Crippen molar-refractivity contribution in [3.05, 3.63) is 211 Å². The van der Waals surface area contributed by atoms with Crippen LogP contribution in [0, 0.1) is 76.9 Å². The molecule has 17 atom stereocenters. The SMILES string of the molecule is C[C@@H]1[C@@H](C)C/C=C/C(=O)[C@@H]2CC[C@H]2CN2C[C@@]3(CCCc4cc(Cl)ccc43)COc3ccc(cc32)C(=O)NS1(=O)=O.C[C@@H]1[C@@H](C)C/C=C/[C@@](O)(C#CCN2CCOCC2)[C@@H]2CC[C@H]2CN2C[C@@]3(CCCc4cc(Cl)ccc43)COc3ccc(cc32)C(=O)NS1(=O)=O.C[C@@H]1[C@@H](C)C/C=C/[C@](O)(C#CCN2CCOCC2)[C@@H]2CC[C@H]2CN2C[C@@]3(CCCc4cc(Cl)ccc43)COc3ccc(cc32)C(=O)NS1(=O)=O. The molecule has 25 nitrogen and oxygen atoms in total. The fraction of sp³-hybridized carbons (Fsp3) is 0.545. The topological polar surface area (TPSA) is 310 Å². The summed E-state index contributed by atoms with van der Waals surface area (Å²) in [5.41, 5.74) is 6.81. The van der Waals surface area contributed by atoms with Crippen molar-refractivity contribution in [2.24, 2.45) is 53.3 Å². The van der Waals surface area contributed by atoms with Crippen LogP contribution in [0.2, 0.25) is 15.1 Å². The Morgan fingerprint density at radius 1 is 0.418 bits per heavy atom. The molecule has 3 spiro atoms. The lowest BCUT2D eigenvalue weighted by molar-refractivity contribution is -0.122. The number of benzene rings is 6. The molecule has 8 aliphatic heterocycles. The summed E-state index contributed by atoms with van der Waals surface area (Å²) >= 11 is 19.3. The van der Waals surface area contributed by atoms with Crippen LogP contribution in [-0.2, 0) is 79.8 Å². The molecule has 3 saturated carbocycles. The van der Waals surface area contributed by atoms with E-state index in [2.05, 4.69) is 98.7 Å². The number of ether oxygens (including phenoxy) is 5. The molecule has 3 amide bonds. The number of anilines is 3. The van der Waals surface area contributed by atoms with Crippen molar-refractivity contribution in [2.75, 3.05) is 139 Å². The lowest BCUT2D eigenvalue weighted by atomic mass is 9.64. The number of fused-ring (bicyclic) bond motifs is 12. The highest BCUT2D eigenvalue weighted by atomic mass is 35.5. The molecule has 6 aliphatic carbocycles. The number of nitrogens with zero attached hydrogens (tertiary/aromatic N) is 5. The number of ketones is 1. The molecule has 0 unspecified atom stereocenters. The van der Waals surface area contributed by atoms with E-state index in [9.17, 15) is 54.6 Å². The molecule has 8 heterocycles. The maximum atomic E-state index is 13.5. The van der Waals surface area contributed by atoms with E-state index in [4.69, 9.17) is 58.5 Å². The number of carbonyl (C=O) groups is 4. The minimum atomic E-state index is -4.00. The van der Waals surface area contributed by atoms with Crippen LogP contribution in [0.4, 0.5) is 17.1 Å². The molecule has 6 aromatic carbocycles. The van der Waals surface area contributed by atoms with Gasteiger partial charge in [-0.05, 0) is 314 Å². The van der Waals surface area contributed by atoms with Crippen LogP contribution in [0.3, 0.4) is 0 Å². The Morgan fingerprint density at radius 3 is 1.08 bits per heavy atom. The summed E-state index contributed by atoms with van der Waals surface area (Å²) in [6, 6.07) is 34.0. The van der Waals surface area contributed by atoms with E-state index in [0.29, 0.717) is 135 Å². The fourth-order valence-electron chi connectivity index (χ4n) is 23.9. The number of hydrogen-bond donors (Lipinski definition) is 5. The van der Waals surface area contributed by atoms with Gasteiger partial charge in [0.25, 0.3) is 17.7 Å². The Kier molecular flexibility index (Phi) is 30.6. The first-order valence-corrected chi connectivity index (χ1v) is 56.5. The number of sulfonamides is 3. The summed E-state index contributed by atoms with van der Waals surface area (Å²) in [6.07, 6.45) is 26.1. The molecule has 20 rings (SSSR count). The molecule has 0 aromatic heterocycles. The van der Waals surface area contributed by atoms with Gasteiger partial charge in [-0.3, -0.25) is 29.0 Å². The van der Waals surface area contributed by atoms with E-state index < -0.39 is 74.7 Å². The molecule has 14 aliphatic rings. The van der Waals surface area contributed by atoms with Crippen LogP contribution in [0.15, 0.2) is 146 Å². The summed E-state index contributed by atoms with van der Waals surface area (Å²) < 4.78 is 118. The van der Waals surface area contributed by atoms with Crippen molar-refractivity contribution >= 4 is 105 Å². The summed E-state index contributed by atoms with van der Waals surface area (Å²) in [5.74, 6) is 12.5. The lowest BCUT2D eigenvalue weighted by Gasteiger charge is -2.47. The van der Waals surface area contributed by atoms with Gasteiger partial charge in [0.1, 0.15) is 28.5 Å². The molecular weight excluding hydrogens is 1910 g/mol. The van der Waals surface area contributed by atoms with Gasteiger partial charge in [-0.25, -0.2) is 39.4 Å². The fourth-order valence-corrected chi connectivity index (χ4v) is 28.4. The van der Waals surface area contributed by atoms with Gasteiger partial charge in [0.2, 0.25) is 30.1 Å². The van der Waals surface area contributed by atoms with Gasteiger partial charge in [-0.1, -0.05) is 116 Å². The summed E-state index contributed by atoms with van der Waals surface area (Å²) in [5, 5.41) is 24.4. The molecule has 31 heteroatoms. The van der Waals surface area contributed by atoms with E-state index in [0.717, 1.165) is 155 Å². The van der Waals surface area contributed by atoms with Crippen molar-refractivity contribution in [1.29, 1.82) is 0 Å². The van der Waals surface area contributed by atoms with E-state index >= 15 is 0 Å². The third kappa shape index (κ3) is 22.0. The molecule has 754 valence electrons. The largest absolute Gasteiger partial charge is 0.490 e. The minimum Gasteiger partial charge on any atom is -0.490 e. The standard InChI is InChI=1S/2C39H48ClN3O6S.C32H37ClN2O5S/c2*1-27-6-3-15-39(45,16-5-17-42-18-20-48-21-19-42)34-11-8-31(34)24-43-25-38(14-4-7-29-22-32(40)10-12-33(29)38)26-49-36-13-9-30(23-35(36)43)37(44)41-50(46,47)28(27)2;1-20-5-3-7-29(36)26-11-8-24(26)17-35-18-32(14-4-6-22-15-25(33)10-12-27(22)32)19-40-30-13-9-23(16-28(30)35)31(37)34-41(38,39)21(20)2/h2*3,9-10,12-13,15,22-23,27-28,31,34,45H,4,6-8,11,14,17-21,24-26H2,1-2H3,(H,41,44);3,7,9-10,12-13,15-16,20-21,24,26H,4-6,8,11,14,17-19H2,1-2H3,(H,34,37)/b2*15-3+;7-3+/t27-,28+,31-,34+,38-,39+;27-,28+,31-,34+,38-,39-;20-,21+,24-,26+,32-/m000/s1. The first kappa shape index (κ1) is 102. The Balaban J connectivity index is 0.000000141. The van der Waals surface area contributed by atoms with E-state index in [1.54, 1.807) is 99.7 Å². The van der Waals surface area contributed by atoms with Crippen molar-refractivity contribution in [1.82, 2.24) is 24.0 Å². The van der Waals surface area contributed by atoms with Crippen LogP contribution in [0.5, 0.6) is 17.2 Å². The zero-order valence-corrected chi connectivity index (χ0v) is 86.3. The third-order valence-corrected chi connectivity index (χ3v) is 40.0. The molecule has 2 saturated heterocycles. The predicted octanol–water partition coefficient (Wildman–Crippen LogP) is 15.4. The third-order valence-electron chi connectivity index (χ3n) is 33.5. The first-order valence-electron chi connectivity index (χ1n) is 50.7. The number of amides is 3. The van der Waals surface area contributed by atoms with Crippen LogP contribution in [0.25, 0.3) is 0 Å². The van der Waals surface area contributed by atoms with E-state index in [1.165, 1.54) is 33.4 Å². The van der Waals surface area contributed by atoms with Crippen molar-refractivity contribution in [2.45, 2.75) is 200 Å². The maximum Gasteiger partial charge on any atom is 0.264 e. The normalized spacial score (nSPS) is 32.9. The molecule has 141 heavy (non-hydrogen) atoms. The Bertz CT molecular complexity index is 6080. The number of aryl methyl sites for hydroxylation is 3. The number of carbonyl (C=O) groups excluding carboxylic acids is 4. The summed E-state index contributed by atoms with van der Waals surface area (Å²) in [6.45, 7) is 22.7. The first-order chi connectivity index (χ1) is 67.5. The van der Waals surface area contributed by atoms with Crippen molar-refractivity contribution in [3.8, 4) is 40.9 Å². The van der Waals surface area contributed by atoms with Crippen LogP contribution in [-0.4, -0.2) is 221 Å². The van der Waals surface area contributed by atoms with Gasteiger partial charge in [0.05, 0.1) is 92.1 Å². The van der Waals surface area contributed by atoms with E-state index in [1.807, 2.05) is 51.1 Å². The molecular formula is C110H133Cl3N8O17S3. The highest BCUT2D eigenvalue weighted by Crippen LogP contribution is 2.54. The number of allylic oxidation sites excluding steroid dienone is 4. The smallest absolute Gasteiger partial charge is 0.264 e. The zero-order valence-electron chi connectivity index (χ0n) is 81.6. The van der Waals surface area contributed by atoms with Crippen molar-refractivity contribution < 1.29 is 78.3 Å². The predicted molar refractivity (Wildman–Crippen MR) is 551 cm³/mol. The van der Waals surface area contributed by atoms with Gasteiger partial charge in [0, 0.05) is 131 Å². The molecule has 5 fully saturated rings. The Morgan fingerprint density at radius 2 is 0.752 bits per heavy atom. The average molecular weight is 2040 g/mol. The second-order valence-electron chi connectivity index (χ2n) is 42.5. The monoisotopic (exact) mass is 2040 g/mol. The molecule has 6 aromatic rings. The number of halogens is 3. The van der Waals surface area contributed by atoms with Gasteiger partial charge in [-0.2, -0.15) is 0 Å². The van der Waals surface area contributed by atoms with Gasteiger partial charge >= 0.3 is 0 Å². The molecule has 5 N–H and O–H groups in total. The Labute approximate surface area is 846 Å². The quantitative estimate of drug-likeness (QED) is 0.0794. The number of hydrogen-bond acceptors (Lipinski definition) is 22. The molecule has 0 radical (unpaired) electrons. The maximum absolute atomic E-state index is 13.5. The highest BCUT2D eigenvalue weighted by molar-refractivity contribution is 7.91. The summed E-state index contributed by atoms with van der Waals surface area (Å²) in [4.78, 5) is 65.0. The second-order valence-corrected chi connectivity index (χ2v) is 49.9. The van der Waals surface area contributed by atoms with Crippen LogP contribution < -0.4 is 43.1 Å².